The number of aromatic nitrogens is 1. The zero-order valence-corrected chi connectivity index (χ0v) is 13.3. The topological polar surface area (TPSA) is 84.2 Å². The van der Waals surface area contributed by atoms with Crippen LogP contribution in [0.1, 0.15) is 30.2 Å². The molecule has 1 aliphatic rings. The predicted octanol–water partition coefficient (Wildman–Crippen LogP) is 2.84. The number of aryl methyl sites for hydroxylation is 1. The van der Waals surface area contributed by atoms with E-state index in [0.29, 0.717) is 16.7 Å². The van der Waals surface area contributed by atoms with Crippen molar-refractivity contribution >= 4 is 29.2 Å². The largest absolute Gasteiger partial charge is 0.360 e. The Morgan fingerprint density at radius 3 is 2.52 bits per heavy atom. The quantitative estimate of drug-likeness (QED) is 0.843. The fourth-order valence-corrected chi connectivity index (χ4v) is 2.50. The van der Waals surface area contributed by atoms with Crippen LogP contribution >= 0.6 is 11.6 Å². The molecule has 1 saturated carbocycles. The van der Waals surface area contributed by atoms with Gasteiger partial charge in [-0.3, -0.25) is 14.9 Å². The van der Waals surface area contributed by atoms with E-state index in [0.717, 1.165) is 18.4 Å². The molecule has 2 amide bonds. The summed E-state index contributed by atoms with van der Waals surface area (Å²) in [5.41, 5.74) is 0.940. The van der Waals surface area contributed by atoms with Gasteiger partial charge < -0.3 is 9.84 Å². The minimum Gasteiger partial charge on any atom is -0.360 e. The Balaban J connectivity index is 1.66. The van der Waals surface area contributed by atoms with Crippen molar-refractivity contribution in [3.05, 3.63) is 46.7 Å². The molecule has 0 radical (unpaired) electrons. The Bertz CT molecular complexity index is 722. The molecule has 6 nitrogen and oxygen atoms in total. The third kappa shape index (κ3) is 3.90. The van der Waals surface area contributed by atoms with Crippen LogP contribution < -0.4 is 10.6 Å². The van der Waals surface area contributed by atoms with Crippen LogP contribution in [0.15, 0.2) is 34.9 Å². The Morgan fingerprint density at radius 2 is 1.96 bits per heavy atom. The van der Waals surface area contributed by atoms with E-state index in [-0.39, 0.29) is 11.9 Å². The number of amides is 2. The fourth-order valence-electron chi connectivity index (χ4n) is 2.38. The van der Waals surface area contributed by atoms with Gasteiger partial charge in [0.1, 0.15) is 5.76 Å². The van der Waals surface area contributed by atoms with Gasteiger partial charge in [0, 0.05) is 11.1 Å². The van der Waals surface area contributed by atoms with Gasteiger partial charge in [-0.1, -0.05) is 28.9 Å². The first kappa shape index (κ1) is 15.6. The van der Waals surface area contributed by atoms with E-state index in [2.05, 4.69) is 15.8 Å². The monoisotopic (exact) mass is 333 g/mol. The number of nitrogens with one attached hydrogen (secondary N) is 2. The molecule has 7 heteroatoms. The zero-order chi connectivity index (χ0) is 16.4. The summed E-state index contributed by atoms with van der Waals surface area (Å²) in [5.74, 6) is -0.340. The molecule has 1 aromatic heterocycles. The maximum atomic E-state index is 12.1. The van der Waals surface area contributed by atoms with Gasteiger partial charge in [-0.2, -0.15) is 0 Å². The third-order valence-corrected chi connectivity index (χ3v) is 3.94. The second-order valence-electron chi connectivity index (χ2n) is 5.62. The standard InChI is InChI=1S/C16H16ClN3O3/c1-9-8-13(20-23-9)18-15(21)16(22)19-14(10-2-3-10)11-4-6-12(17)7-5-11/h4-8,10,14H,2-3H2,1H3,(H,19,22)(H,18,20,21). The van der Waals surface area contributed by atoms with E-state index >= 15 is 0 Å². The lowest BCUT2D eigenvalue weighted by Crippen LogP contribution is -2.38. The molecule has 0 aliphatic heterocycles. The average Bonchev–Trinajstić information content (AvgIpc) is 3.29. The second-order valence-corrected chi connectivity index (χ2v) is 6.05. The highest BCUT2D eigenvalue weighted by Gasteiger charge is 2.34. The Morgan fingerprint density at radius 1 is 1.26 bits per heavy atom. The molecule has 1 fully saturated rings. The van der Waals surface area contributed by atoms with E-state index in [1.54, 1.807) is 25.1 Å². The summed E-state index contributed by atoms with van der Waals surface area (Å²) in [4.78, 5) is 24.1. The van der Waals surface area contributed by atoms with E-state index in [9.17, 15) is 9.59 Å². The molecule has 0 saturated heterocycles. The lowest BCUT2D eigenvalue weighted by atomic mass is 10.0. The summed E-state index contributed by atoms with van der Waals surface area (Å²) in [6, 6.07) is 8.63. The fraction of sp³-hybridized carbons (Fsp3) is 0.312. The third-order valence-electron chi connectivity index (χ3n) is 3.68. The van der Waals surface area contributed by atoms with Crippen molar-refractivity contribution in [3.63, 3.8) is 0 Å². The smallest absolute Gasteiger partial charge is 0.314 e. The van der Waals surface area contributed by atoms with E-state index in [1.165, 1.54) is 0 Å². The summed E-state index contributed by atoms with van der Waals surface area (Å²) in [6.45, 7) is 1.70. The minimum absolute atomic E-state index is 0.190. The molecule has 1 aliphatic carbocycles. The Labute approximate surface area is 138 Å². The number of halogens is 1. The number of benzene rings is 1. The van der Waals surface area contributed by atoms with Gasteiger partial charge >= 0.3 is 11.8 Å². The number of anilines is 1. The van der Waals surface area contributed by atoms with Crippen molar-refractivity contribution < 1.29 is 14.1 Å². The van der Waals surface area contributed by atoms with Crippen molar-refractivity contribution in [1.29, 1.82) is 0 Å². The van der Waals surface area contributed by atoms with Gasteiger partial charge in [-0.15, -0.1) is 0 Å². The van der Waals surface area contributed by atoms with Crippen molar-refractivity contribution in [2.75, 3.05) is 5.32 Å². The first-order chi connectivity index (χ1) is 11.0. The summed E-state index contributed by atoms with van der Waals surface area (Å²) < 4.78 is 4.85. The van der Waals surface area contributed by atoms with Crippen LogP contribution in [-0.2, 0) is 9.59 Å². The van der Waals surface area contributed by atoms with Gasteiger partial charge in [-0.05, 0) is 43.4 Å². The molecule has 0 spiro atoms. The summed E-state index contributed by atoms with van der Waals surface area (Å²) in [7, 11) is 0. The van der Waals surface area contributed by atoms with E-state index in [1.807, 2.05) is 12.1 Å². The Hall–Kier alpha value is -2.34. The first-order valence-electron chi connectivity index (χ1n) is 7.33. The molecule has 3 rings (SSSR count). The lowest BCUT2D eigenvalue weighted by Gasteiger charge is -2.18. The summed E-state index contributed by atoms with van der Waals surface area (Å²) in [5, 5.41) is 9.46. The highest BCUT2D eigenvalue weighted by Crippen LogP contribution is 2.41. The van der Waals surface area contributed by atoms with E-state index in [4.69, 9.17) is 16.1 Å². The van der Waals surface area contributed by atoms with Gasteiger partial charge in [0.05, 0.1) is 6.04 Å². The van der Waals surface area contributed by atoms with Crippen LogP contribution in [0.5, 0.6) is 0 Å². The van der Waals surface area contributed by atoms with Crippen LogP contribution in [-0.4, -0.2) is 17.0 Å². The number of hydrogen-bond donors (Lipinski definition) is 2. The maximum absolute atomic E-state index is 12.1. The van der Waals surface area contributed by atoms with Crippen molar-refractivity contribution in [2.45, 2.75) is 25.8 Å². The average molecular weight is 334 g/mol. The van der Waals surface area contributed by atoms with Gasteiger partial charge in [0.25, 0.3) is 0 Å². The SMILES string of the molecule is Cc1cc(NC(=O)C(=O)NC(c2ccc(Cl)cc2)C2CC2)no1. The highest BCUT2D eigenvalue weighted by atomic mass is 35.5. The van der Waals surface area contributed by atoms with Crippen molar-refractivity contribution in [3.8, 4) is 0 Å². The molecule has 2 N–H and O–H groups in total. The normalized spacial score (nSPS) is 15.0. The summed E-state index contributed by atoms with van der Waals surface area (Å²) in [6.07, 6.45) is 2.05. The molecule has 0 bridgehead atoms. The zero-order valence-electron chi connectivity index (χ0n) is 12.5. The van der Waals surface area contributed by atoms with Gasteiger partial charge in [0.15, 0.2) is 5.82 Å². The second kappa shape index (κ2) is 6.42. The molecular weight excluding hydrogens is 318 g/mol. The molecule has 1 heterocycles. The molecule has 1 atom stereocenters. The maximum Gasteiger partial charge on any atom is 0.314 e. The molecule has 1 unspecified atom stereocenters. The number of carbonyl (C=O) groups is 2. The van der Waals surface area contributed by atoms with E-state index < -0.39 is 11.8 Å². The first-order valence-corrected chi connectivity index (χ1v) is 7.71. The number of hydrogen-bond acceptors (Lipinski definition) is 4. The number of nitrogens with zero attached hydrogens (tertiary/aromatic N) is 1. The van der Waals surface area contributed by atoms with Crippen LogP contribution in [0.2, 0.25) is 5.02 Å². The lowest BCUT2D eigenvalue weighted by molar-refractivity contribution is -0.136. The van der Waals surface area contributed by atoms with Crippen LogP contribution in [0.3, 0.4) is 0 Å². The van der Waals surface area contributed by atoms with Gasteiger partial charge in [0.2, 0.25) is 0 Å². The van der Waals surface area contributed by atoms with Crippen LogP contribution in [0, 0.1) is 12.8 Å². The van der Waals surface area contributed by atoms with Crippen molar-refractivity contribution in [1.82, 2.24) is 10.5 Å². The Kier molecular flexibility index (Phi) is 4.34. The predicted molar refractivity (Wildman–Crippen MR) is 84.9 cm³/mol. The number of rotatable bonds is 4. The summed E-state index contributed by atoms with van der Waals surface area (Å²) >= 11 is 5.89. The molecule has 23 heavy (non-hydrogen) atoms. The van der Waals surface area contributed by atoms with Crippen molar-refractivity contribution in [2.24, 2.45) is 5.92 Å². The van der Waals surface area contributed by atoms with Crippen LogP contribution in [0.4, 0.5) is 5.82 Å². The molecule has 1 aromatic carbocycles. The molecule has 120 valence electrons. The molecular formula is C16H16ClN3O3. The molecule has 2 aromatic rings. The minimum atomic E-state index is -0.766. The van der Waals surface area contributed by atoms with Gasteiger partial charge in [-0.25, -0.2) is 0 Å². The highest BCUT2D eigenvalue weighted by molar-refractivity contribution is 6.39. The van der Waals surface area contributed by atoms with Crippen LogP contribution in [0.25, 0.3) is 0 Å². The number of carbonyl (C=O) groups excluding carboxylic acids is 2.